The van der Waals surface area contributed by atoms with Crippen molar-refractivity contribution in [3.05, 3.63) is 60.8 Å². The molecule has 1 aliphatic heterocycles. The molecule has 0 aliphatic carbocycles. The van der Waals surface area contributed by atoms with Gasteiger partial charge in [-0.2, -0.15) is 0 Å². The fourth-order valence-corrected chi connectivity index (χ4v) is 5.70. The summed E-state index contributed by atoms with van der Waals surface area (Å²) < 4.78 is 34.3. The number of carbonyl (C=O) groups is 1. The van der Waals surface area contributed by atoms with E-state index in [1.54, 1.807) is 36.5 Å². The van der Waals surface area contributed by atoms with E-state index in [0.29, 0.717) is 29.1 Å². The van der Waals surface area contributed by atoms with Crippen LogP contribution in [0.15, 0.2) is 60.1 Å². The average Bonchev–Trinajstić information content (AvgIpc) is 2.90. The summed E-state index contributed by atoms with van der Waals surface area (Å²) in [6.07, 6.45) is 6.38. The van der Waals surface area contributed by atoms with Gasteiger partial charge in [0.25, 0.3) is 10.0 Å². The van der Waals surface area contributed by atoms with Crippen LogP contribution in [0.4, 0.5) is 5.82 Å². The van der Waals surface area contributed by atoms with Crippen molar-refractivity contribution in [3.8, 4) is 5.88 Å². The maximum Gasteiger partial charge on any atom is 0.263 e. The van der Waals surface area contributed by atoms with Gasteiger partial charge in [-0.3, -0.25) is 9.52 Å². The largest absolute Gasteiger partial charge is 0.478 e. The molecule has 8 nitrogen and oxygen atoms in total. The van der Waals surface area contributed by atoms with E-state index in [4.69, 9.17) is 4.74 Å². The SMILES string of the molecule is C=C(CSC(C)=O)c1ccc(NS(=O)(=O)c2ccc3nc(OCCCN4CCCCC4)ccc3c2)nc1. The normalized spacial score (nSPS) is 14.4. The van der Waals surface area contributed by atoms with Crippen LogP contribution < -0.4 is 9.46 Å². The molecule has 0 atom stereocenters. The van der Waals surface area contributed by atoms with Gasteiger partial charge in [-0.25, -0.2) is 18.4 Å². The number of thioether (sulfide) groups is 1. The summed E-state index contributed by atoms with van der Waals surface area (Å²) in [6.45, 7) is 9.44. The number of benzene rings is 1. The van der Waals surface area contributed by atoms with Gasteiger partial charge in [-0.05, 0) is 79.9 Å². The zero-order valence-corrected chi connectivity index (χ0v) is 22.6. The Kier molecular flexibility index (Phi) is 9.18. The molecular weight excluding hydrogens is 508 g/mol. The minimum atomic E-state index is -3.85. The summed E-state index contributed by atoms with van der Waals surface area (Å²) in [4.78, 5) is 22.5. The Hall–Kier alpha value is -2.95. The average molecular weight is 541 g/mol. The van der Waals surface area contributed by atoms with E-state index < -0.39 is 10.0 Å². The highest BCUT2D eigenvalue weighted by Crippen LogP contribution is 2.23. The molecule has 1 fully saturated rings. The molecule has 1 saturated heterocycles. The Balaban J connectivity index is 1.35. The van der Waals surface area contributed by atoms with Crippen molar-refractivity contribution in [2.45, 2.75) is 37.5 Å². The van der Waals surface area contributed by atoms with E-state index in [9.17, 15) is 13.2 Å². The lowest BCUT2D eigenvalue weighted by molar-refractivity contribution is -0.109. The van der Waals surface area contributed by atoms with Gasteiger partial charge >= 0.3 is 0 Å². The lowest BCUT2D eigenvalue weighted by Crippen LogP contribution is -2.31. The van der Waals surface area contributed by atoms with Crippen LogP contribution >= 0.6 is 11.8 Å². The Bertz CT molecular complexity index is 1350. The van der Waals surface area contributed by atoms with Crippen LogP contribution in [0.1, 0.15) is 38.2 Å². The van der Waals surface area contributed by atoms with Crippen LogP contribution in [0.5, 0.6) is 5.88 Å². The first-order valence-electron chi connectivity index (χ1n) is 12.4. The number of sulfonamides is 1. The number of aromatic nitrogens is 2. The van der Waals surface area contributed by atoms with Crippen molar-refractivity contribution in [2.75, 3.05) is 36.7 Å². The number of nitrogens with one attached hydrogen (secondary N) is 1. The number of fused-ring (bicyclic) bond motifs is 1. The Labute approximate surface area is 222 Å². The van der Waals surface area contributed by atoms with E-state index in [1.807, 2.05) is 6.07 Å². The van der Waals surface area contributed by atoms with E-state index in [2.05, 4.69) is 26.2 Å². The van der Waals surface area contributed by atoms with E-state index in [1.165, 1.54) is 45.3 Å². The zero-order valence-electron chi connectivity index (χ0n) is 21.0. The van der Waals surface area contributed by atoms with Crippen LogP contribution in [0.2, 0.25) is 0 Å². The molecule has 0 saturated carbocycles. The van der Waals surface area contributed by atoms with Gasteiger partial charge in [0.1, 0.15) is 5.82 Å². The van der Waals surface area contributed by atoms with E-state index >= 15 is 0 Å². The highest BCUT2D eigenvalue weighted by Gasteiger charge is 2.16. The highest BCUT2D eigenvalue weighted by atomic mass is 32.2. The third kappa shape index (κ3) is 7.77. The molecule has 3 aromatic rings. The third-order valence-electron chi connectivity index (χ3n) is 6.12. The molecule has 0 unspecified atom stereocenters. The molecular formula is C27H32N4O4S2. The molecule has 10 heteroatoms. The number of ether oxygens (including phenoxy) is 1. The number of carbonyl (C=O) groups excluding carboxylic acids is 1. The number of nitrogens with zero attached hydrogens (tertiary/aromatic N) is 3. The summed E-state index contributed by atoms with van der Waals surface area (Å²) >= 11 is 1.16. The minimum Gasteiger partial charge on any atom is -0.478 e. The maximum atomic E-state index is 13.0. The van der Waals surface area contributed by atoms with Gasteiger partial charge < -0.3 is 9.64 Å². The van der Waals surface area contributed by atoms with Crippen LogP contribution in [0, 0.1) is 0 Å². The zero-order chi connectivity index (χ0) is 26.3. The number of anilines is 1. The second-order valence-corrected chi connectivity index (χ2v) is 11.9. The first-order valence-corrected chi connectivity index (χ1v) is 14.8. The quantitative estimate of drug-likeness (QED) is 0.340. The Morgan fingerprint density at radius 3 is 2.68 bits per heavy atom. The molecule has 1 N–H and O–H groups in total. The first-order chi connectivity index (χ1) is 17.8. The maximum absolute atomic E-state index is 13.0. The highest BCUT2D eigenvalue weighted by molar-refractivity contribution is 8.13. The predicted octanol–water partition coefficient (Wildman–Crippen LogP) is 4.98. The standard InChI is InChI=1S/C27H32N4O4S2/c1-20(19-36-21(2)32)23-7-11-26(28-18-23)30-37(33,34)24-9-10-25-22(17-24)8-12-27(29-25)35-16-6-15-31-13-4-3-5-14-31/h7-12,17-18H,1,3-6,13-16,19H2,2H3,(H,28,30). The van der Waals surface area contributed by atoms with Gasteiger partial charge in [-0.15, -0.1) is 0 Å². The number of rotatable bonds is 11. The number of piperidine rings is 1. The molecule has 2 aromatic heterocycles. The van der Waals surface area contributed by atoms with E-state index in [0.717, 1.165) is 35.9 Å². The number of hydrogen-bond acceptors (Lipinski definition) is 8. The van der Waals surface area contributed by atoms with Crippen molar-refractivity contribution in [3.63, 3.8) is 0 Å². The van der Waals surface area contributed by atoms with Crippen LogP contribution in [-0.2, 0) is 14.8 Å². The molecule has 0 spiro atoms. The smallest absolute Gasteiger partial charge is 0.263 e. The number of hydrogen-bond donors (Lipinski definition) is 1. The van der Waals surface area contributed by atoms with Crippen molar-refractivity contribution in [1.82, 2.24) is 14.9 Å². The van der Waals surface area contributed by atoms with Crippen molar-refractivity contribution in [2.24, 2.45) is 0 Å². The molecule has 196 valence electrons. The fraction of sp³-hybridized carbons (Fsp3) is 0.370. The summed E-state index contributed by atoms with van der Waals surface area (Å²) in [5, 5.41) is 0.710. The minimum absolute atomic E-state index is 0.0102. The Morgan fingerprint density at radius 2 is 1.95 bits per heavy atom. The summed E-state index contributed by atoms with van der Waals surface area (Å²) in [6, 6.07) is 11.7. The second kappa shape index (κ2) is 12.5. The van der Waals surface area contributed by atoms with Crippen molar-refractivity contribution in [1.29, 1.82) is 0 Å². The molecule has 0 radical (unpaired) electrons. The van der Waals surface area contributed by atoms with E-state index in [-0.39, 0.29) is 15.8 Å². The topological polar surface area (TPSA) is 101 Å². The number of likely N-dealkylation sites (tertiary alicyclic amines) is 1. The summed E-state index contributed by atoms with van der Waals surface area (Å²) in [5.41, 5.74) is 2.16. The molecule has 1 aromatic carbocycles. The summed E-state index contributed by atoms with van der Waals surface area (Å²) in [5.74, 6) is 1.19. The summed E-state index contributed by atoms with van der Waals surface area (Å²) in [7, 11) is -3.85. The van der Waals surface area contributed by atoms with Gasteiger partial charge in [0.15, 0.2) is 5.12 Å². The Morgan fingerprint density at radius 1 is 1.14 bits per heavy atom. The van der Waals surface area contributed by atoms with Crippen molar-refractivity contribution < 1.29 is 17.9 Å². The van der Waals surface area contributed by atoms with Crippen molar-refractivity contribution >= 4 is 49.2 Å². The van der Waals surface area contributed by atoms with Gasteiger partial charge in [0, 0.05) is 36.9 Å². The number of pyridine rings is 2. The third-order valence-corrected chi connectivity index (χ3v) is 8.37. The molecule has 4 rings (SSSR count). The fourth-order valence-electron chi connectivity index (χ4n) is 4.11. The van der Waals surface area contributed by atoms with Gasteiger partial charge in [0.05, 0.1) is 17.0 Å². The molecule has 0 bridgehead atoms. The molecule has 3 heterocycles. The van der Waals surface area contributed by atoms with Crippen LogP contribution in [-0.4, -0.2) is 60.4 Å². The first kappa shape index (κ1) is 27.1. The monoisotopic (exact) mass is 540 g/mol. The predicted molar refractivity (Wildman–Crippen MR) is 149 cm³/mol. The van der Waals surface area contributed by atoms with Crippen LogP contribution in [0.25, 0.3) is 16.5 Å². The molecule has 37 heavy (non-hydrogen) atoms. The second-order valence-electron chi connectivity index (χ2n) is 9.03. The van der Waals surface area contributed by atoms with Crippen LogP contribution in [0.3, 0.4) is 0 Å². The van der Waals surface area contributed by atoms with Gasteiger partial charge in [0.2, 0.25) is 5.88 Å². The lowest BCUT2D eigenvalue weighted by atomic mass is 10.1. The van der Waals surface area contributed by atoms with Gasteiger partial charge in [-0.1, -0.05) is 24.8 Å². The molecule has 0 amide bonds. The lowest BCUT2D eigenvalue weighted by Gasteiger charge is -2.26. The molecule has 1 aliphatic rings.